The van der Waals surface area contributed by atoms with Crippen molar-refractivity contribution in [1.82, 2.24) is 0 Å². The molecular formula is C11H9BrClNO2. The molecule has 1 saturated heterocycles. The van der Waals surface area contributed by atoms with Gasteiger partial charge in [-0.3, -0.25) is 9.59 Å². The van der Waals surface area contributed by atoms with E-state index in [4.69, 9.17) is 11.6 Å². The number of halogens is 2. The topological polar surface area (TPSA) is 37.4 Å². The first-order valence-electron chi connectivity index (χ1n) is 4.83. The smallest absolute Gasteiger partial charge is 0.248 e. The molecule has 0 aliphatic carbocycles. The number of anilines is 1. The lowest BCUT2D eigenvalue weighted by Gasteiger charge is -2.28. The van der Waals surface area contributed by atoms with Crippen molar-refractivity contribution >= 4 is 44.9 Å². The van der Waals surface area contributed by atoms with Crippen molar-refractivity contribution in [3.8, 4) is 0 Å². The quantitative estimate of drug-likeness (QED) is 0.590. The molecule has 1 heterocycles. The van der Waals surface area contributed by atoms with Crippen LogP contribution in [0.15, 0.2) is 24.3 Å². The van der Waals surface area contributed by atoms with Gasteiger partial charge in [0.05, 0.1) is 0 Å². The van der Waals surface area contributed by atoms with Gasteiger partial charge in [-0.2, -0.15) is 0 Å². The van der Waals surface area contributed by atoms with E-state index >= 15 is 0 Å². The number of Topliss-reactive ketones (excluding diaryl/α,β-unsaturated/α-hetero) is 1. The molecule has 0 spiro atoms. The average molecular weight is 303 g/mol. The molecule has 3 nitrogen and oxygen atoms in total. The normalized spacial score (nSPS) is 21.4. The van der Waals surface area contributed by atoms with Crippen LogP contribution in [0, 0.1) is 0 Å². The van der Waals surface area contributed by atoms with Crippen molar-refractivity contribution in [1.29, 1.82) is 0 Å². The summed E-state index contributed by atoms with van der Waals surface area (Å²) in [7, 11) is 0. The first kappa shape index (κ1) is 11.6. The number of ketones is 1. The van der Waals surface area contributed by atoms with E-state index < -0.39 is 4.83 Å². The summed E-state index contributed by atoms with van der Waals surface area (Å²) >= 11 is 8.88. The fourth-order valence-electron chi connectivity index (χ4n) is 1.61. The third-order valence-electron chi connectivity index (χ3n) is 2.49. The van der Waals surface area contributed by atoms with Gasteiger partial charge in [0, 0.05) is 23.7 Å². The van der Waals surface area contributed by atoms with Gasteiger partial charge >= 0.3 is 0 Å². The number of piperidine rings is 1. The Hall–Kier alpha value is -0.870. The molecule has 0 N–H and O–H groups in total. The molecule has 1 unspecified atom stereocenters. The molecule has 1 aromatic carbocycles. The predicted octanol–water partition coefficient (Wildman–Crippen LogP) is 2.41. The van der Waals surface area contributed by atoms with E-state index in [1.807, 2.05) is 0 Å². The molecule has 16 heavy (non-hydrogen) atoms. The Morgan fingerprint density at radius 2 is 1.88 bits per heavy atom. The van der Waals surface area contributed by atoms with Gasteiger partial charge in [0.15, 0.2) is 10.6 Å². The second kappa shape index (κ2) is 4.55. The van der Waals surface area contributed by atoms with Gasteiger partial charge < -0.3 is 4.90 Å². The lowest BCUT2D eigenvalue weighted by atomic mass is 10.1. The maximum atomic E-state index is 11.8. The summed E-state index contributed by atoms with van der Waals surface area (Å²) in [4.78, 5) is 24.0. The highest BCUT2D eigenvalue weighted by Gasteiger charge is 2.33. The van der Waals surface area contributed by atoms with Crippen LogP contribution >= 0.6 is 27.5 Å². The number of benzene rings is 1. The van der Waals surface area contributed by atoms with Crippen LogP contribution in [0.1, 0.15) is 6.42 Å². The van der Waals surface area contributed by atoms with Crippen LogP contribution in [0.2, 0.25) is 5.02 Å². The van der Waals surface area contributed by atoms with Gasteiger partial charge in [-0.15, -0.1) is 0 Å². The van der Waals surface area contributed by atoms with E-state index in [1.165, 1.54) is 0 Å². The maximum absolute atomic E-state index is 11.8. The number of hydrogen-bond acceptors (Lipinski definition) is 2. The number of rotatable bonds is 1. The SMILES string of the molecule is O=C1CCN(c2ccc(Cl)cc2)C(=O)C1Br. The third-order valence-corrected chi connectivity index (χ3v) is 3.64. The molecule has 1 aromatic rings. The Labute approximate surface area is 107 Å². The zero-order valence-electron chi connectivity index (χ0n) is 8.32. The highest BCUT2D eigenvalue weighted by molar-refractivity contribution is 9.10. The van der Waals surface area contributed by atoms with Crippen LogP contribution in [0.25, 0.3) is 0 Å². The molecule has 0 aromatic heterocycles. The molecule has 0 radical (unpaired) electrons. The second-order valence-corrected chi connectivity index (χ2v) is 4.90. The Morgan fingerprint density at radius 3 is 2.50 bits per heavy atom. The van der Waals surface area contributed by atoms with Crippen LogP contribution in [0.5, 0.6) is 0 Å². The van der Waals surface area contributed by atoms with Crippen LogP contribution in [-0.4, -0.2) is 23.1 Å². The predicted molar refractivity (Wildman–Crippen MR) is 66.1 cm³/mol. The minimum absolute atomic E-state index is 0.0600. The standard InChI is InChI=1S/C11H9BrClNO2/c12-10-9(15)5-6-14(11(10)16)8-3-1-7(13)2-4-8/h1-4,10H,5-6H2. The molecule has 2 rings (SSSR count). The zero-order valence-corrected chi connectivity index (χ0v) is 10.7. The minimum atomic E-state index is -0.711. The van der Waals surface area contributed by atoms with Gasteiger partial charge in [0.1, 0.15) is 0 Å². The Morgan fingerprint density at radius 1 is 1.25 bits per heavy atom. The van der Waals surface area contributed by atoms with E-state index in [0.29, 0.717) is 18.0 Å². The van der Waals surface area contributed by atoms with Gasteiger partial charge in [-0.25, -0.2) is 0 Å². The van der Waals surface area contributed by atoms with Crippen LogP contribution in [0.4, 0.5) is 5.69 Å². The average Bonchev–Trinajstić information content (AvgIpc) is 2.28. The van der Waals surface area contributed by atoms with Crippen molar-refractivity contribution in [3.05, 3.63) is 29.3 Å². The summed E-state index contributed by atoms with van der Waals surface area (Å²) in [5.74, 6) is -0.270. The maximum Gasteiger partial charge on any atom is 0.248 e. The number of carbonyl (C=O) groups is 2. The van der Waals surface area contributed by atoms with Crippen molar-refractivity contribution in [2.45, 2.75) is 11.2 Å². The van der Waals surface area contributed by atoms with E-state index in [2.05, 4.69) is 15.9 Å². The van der Waals surface area contributed by atoms with E-state index in [1.54, 1.807) is 29.2 Å². The van der Waals surface area contributed by atoms with E-state index in [0.717, 1.165) is 5.69 Å². The lowest BCUT2D eigenvalue weighted by molar-refractivity contribution is -0.127. The van der Waals surface area contributed by atoms with Gasteiger partial charge in [0.25, 0.3) is 0 Å². The minimum Gasteiger partial charge on any atom is -0.311 e. The lowest BCUT2D eigenvalue weighted by Crippen LogP contribution is -2.46. The summed E-state index contributed by atoms with van der Waals surface area (Å²) in [5.41, 5.74) is 0.770. The Kier molecular flexibility index (Phi) is 3.30. The fourth-order valence-corrected chi connectivity index (χ4v) is 2.21. The molecule has 1 amide bonds. The van der Waals surface area contributed by atoms with Crippen LogP contribution in [0.3, 0.4) is 0 Å². The highest BCUT2D eigenvalue weighted by Crippen LogP contribution is 2.24. The van der Waals surface area contributed by atoms with Gasteiger partial charge in [0.2, 0.25) is 5.91 Å². The molecule has 1 atom stereocenters. The molecule has 1 fully saturated rings. The van der Waals surface area contributed by atoms with Crippen molar-refractivity contribution in [3.63, 3.8) is 0 Å². The number of nitrogens with zero attached hydrogens (tertiary/aromatic N) is 1. The van der Waals surface area contributed by atoms with E-state index in [9.17, 15) is 9.59 Å². The number of hydrogen-bond donors (Lipinski definition) is 0. The molecule has 1 aliphatic heterocycles. The zero-order chi connectivity index (χ0) is 11.7. The second-order valence-electron chi connectivity index (χ2n) is 3.55. The van der Waals surface area contributed by atoms with E-state index in [-0.39, 0.29) is 11.7 Å². The first-order chi connectivity index (χ1) is 7.59. The summed E-state index contributed by atoms with van der Waals surface area (Å²) in [6, 6.07) is 7.00. The number of carbonyl (C=O) groups excluding carboxylic acids is 2. The summed E-state index contributed by atoms with van der Waals surface area (Å²) in [6.07, 6.45) is 0.379. The van der Waals surface area contributed by atoms with Crippen molar-refractivity contribution in [2.75, 3.05) is 11.4 Å². The van der Waals surface area contributed by atoms with Crippen molar-refractivity contribution < 1.29 is 9.59 Å². The summed E-state index contributed by atoms with van der Waals surface area (Å²) < 4.78 is 0. The largest absolute Gasteiger partial charge is 0.311 e. The summed E-state index contributed by atoms with van der Waals surface area (Å²) in [6.45, 7) is 0.432. The van der Waals surface area contributed by atoms with Crippen LogP contribution in [-0.2, 0) is 9.59 Å². The first-order valence-corrected chi connectivity index (χ1v) is 6.12. The fraction of sp³-hybridized carbons (Fsp3) is 0.273. The number of alkyl halides is 1. The van der Waals surface area contributed by atoms with Crippen LogP contribution < -0.4 is 4.90 Å². The highest BCUT2D eigenvalue weighted by atomic mass is 79.9. The molecule has 1 aliphatic rings. The molecular weight excluding hydrogens is 293 g/mol. The Bertz CT molecular complexity index is 432. The molecule has 0 bridgehead atoms. The third kappa shape index (κ3) is 2.13. The Balaban J connectivity index is 2.25. The number of amides is 1. The van der Waals surface area contributed by atoms with Crippen molar-refractivity contribution in [2.24, 2.45) is 0 Å². The summed E-state index contributed by atoms with van der Waals surface area (Å²) in [5, 5.41) is 0.625. The molecule has 0 saturated carbocycles. The molecule has 84 valence electrons. The monoisotopic (exact) mass is 301 g/mol. The van der Waals surface area contributed by atoms with Gasteiger partial charge in [-0.05, 0) is 24.3 Å². The van der Waals surface area contributed by atoms with Gasteiger partial charge in [-0.1, -0.05) is 27.5 Å². The molecule has 5 heteroatoms.